The van der Waals surface area contributed by atoms with Crippen molar-refractivity contribution in [2.75, 3.05) is 50.8 Å². The molecule has 172 valence electrons. The molecule has 0 bridgehead atoms. The Labute approximate surface area is 192 Å². The maximum Gasteiger partial charge on any atom is 0.250 e. The third kappa shape index (κ3) is 4.85. The number of ether oxygens (including phenoxy) is 1. The number of fused-ring (bicyclic) bond motifs is 2. The minimum absolute atomic E-state index is 0.147. The van der Waals surface area contributed by atoms with Crippen LogP contribution in [0.4, 0.5) is 10.1 Å². The van der Waals surface area contributed by atoms with Crippen LogP contribution in [0, 0.1) is 5.82 Å². The fourth-order valence-electron chi connectivity index (χ4n) is 4.47. The molecule has 1 aromatic heterocycles. The van der Waals surface area contributed by atoms with Crippen LogP contribution in [-0.4, -0.2) is 66.7 Å². The zero-order valence-electron chi connectivity index (χ0n) is 18.5. The predicted molar refractivity (Wildman–Crippen MR) is 127 cm³/mol. The molecule has 0 unspecified atom stereocenters. The van der Waals surface area contributed by atoms with Crippen LogP contribution in [-0.2, 0) is 4.79 Å². The fraction of sp³-hybridized carbons (Fsp3) is 0.360. The molecular formula is C25H28FN5O2. The highest BCUT2D eigenvalue weighted by Crippen LogP contribution is 2.27. The first-order valence-corrected chi connectivity index (χ1v) is 11.5. The monoisotopic (exact) mass is 449 g/mol. The molecule has 3 aromatic rings. The molecule has 0 radical (unpaired) electrons. The van der Waals surface area contributed by atoms with Crippen molar-refractivity contribution >= 4 is 28.7 Å². The van der Waals surface area contributed by atoms with E-state index >= 15 is 0 Å². The van der Waals surface area contributed by atoms with E-state index in [9.17, 15) is 9.18 Å². The Morgan fingerprint density at radius 3 is 2.91 bits per heavy atom. The number of piperazine rings is 1. The fourth-order valence-corrected chi connectivity index (χ4v) is 4.47. The van der Waals surface area contributed by atoms with Crippen molar-refractivity contribution in [3.8, 4) is 5.75 Å². The van der Waals surface area contributed by atoms with Gasteiger partial charge in [0, 0.05) is 38.3 Å². The number of halogens is 1. The number of anilines is 1. The van der Waals surface area contributed by atoms with E-state index in [4.69, 9.17) is 4.74 Å². The van der Waals surface area contributed by atoms with Crippen molar-refractivity contribution in [2.24, 2.45) is 0 Å². The molecule has 0 saturated carbocycles. The predicted octanol–water partition coefficient (Wildman–Crippen LogP) is 3.20. The summed E-state index contributed by atoms with van der Waals surface area (Å²) in [6.45, 7) is 5.86. The highest BCUT2D eigenvalue weighted by atomic mass is 19.1. The number of aromatic amines is 1. The summed E-state index contributed by atoms with van der Waals surface area (Å²) in [6.07, 6.45) is 5.40. The lowest BCUT2D eigenvalue weighted by atomic mass is 10.1. The number of carbonyl (C=O) groups excluding carboxylic acids is 1. The Morgan fingerprint density at radius 2 is 2.03 bits per heavy atom. The molecule has 0 aliphatic carbocycles. The van der Waals surface area contributed by atoms with Crippen LogP contribution in [0.2, 0.25) is 0 Å². The van der Waals surface area contributed by atoms with Gasteiger partial charge in [0.05, 0.1) is 23.1 Å². The van der Waals surface area contributed by atoms with Crippen LogP contribution < -0.4 is 15.0 Å². The molecule has 2 aromatic carbocycles. The summed E-state index contributed by atoms with van der Waals surface area (Å²) >= 11 is 0. The highest BCUT2D eigenvalue weighted by Gasteiger charge is 2.20. The largest absolute Gasteiger partial charge is 0.488 e. The lowest BCUT2D eigenvalue weighted by Gasteiger charge is -2.36. The van der Waals surface area contributed by atoms with E-state index in [1.807, 2.05) is 0 Å². The van der Waals surface area contributed by atoms with Crippen molar-refractivity contribution in [1.82, 2.24) is 20.2 Å². The number of imidazole rings is 1. The first-order valence-electron chi connectivity index (χ1n) is 11.5. The Bertz CT molecular complexity index is 1170. The van der Waals surface area contributed by atoms with Gasteiger partial charge >= 0.3 is 0 Å². The number of unbranched alkanes of at least 4 members (excludes halogenated alkanes) is 1. The normalized spacial score (nSPS) is 16.3. The number of amides is 1. The summed E-state index contributed by atoms with van der Waals surface area (Å²) in [5.74, 6) is 0.120. The molecule has 5 rings (SSSR count). The Balaban J connectivity index is 1.03. The number of H-pyrrole nitrogens is 1. The molecule has 8 heteroatoms. The van der Waals surface area contributed by atoms with Crippen LogP contribution >= 0.6 is 0 Å². The number of nitrogens with zero attached hydrogens (tertiary/aromatic N) is 3. The van der Waals surface area contributed by atoms with E-state index in [-0.39, 0.29) is 18.3 Å². The van der Waals surface area contributed by atoms with Gasteiger partial charge in [-0.3, -0.25) is 9.69 Å². The summed E-state index contributed by atoms with van der Waals surface area (Å²) in [6, 6.07) is 10.6. The third-order valence-electron chi connectivity index (χ3n) is 6.30. The van der Waals surface area contributed by atoms with Gasteiger partial charge in [0.1, 0.15) is 23.7 Å². The summed E-state index contributed by atoms with van der Waals surface area (Å²) in [7, 11) is 0. The molecule has 1 amide bonds. The molecule has 7 nitrogen and oxygen atoms in total. The number of benzene rings is 2. The van der Waals surface area contributed by atoms with Crippen LogP contribution in [0.3, 0.4) is 0 Å². The standard InChI is InChI=1S/C25H28FN5O2/c26-20-6-7-23-18(15-20)14-19(16-33-23)25(32)27-8-1-2-9-30-10-12-31(13-11-30)22-5-3-4-21-24(22)29-17-28-21/h3-7,14-15,17H,1-2,8-13,16H2,(H,27,32)(H,28,29). The lowest BCUT2D eigenvalue weighted by molar-refractivity contribution is -0.117. The number of hydrogen-bond donors (Lipinski definition) is 2. The number of nitrogens with one attached hydrogen (secondary N) is 2. The van der Waals surface area contributed by atoms with Crippen LogP contribution in [0.5, 0.6) is 5.75 Å². The second kappa shape index (κ2) is 9.62. The number of rotatable bonds is 7. The average molecular weight is 450 g/mol. The molecular weight excluding hydrogens is 421 g/mol. The van der Waals surface area contributed by atoms with Crippen molar-refractivity contribution in [2.45, 2.75) is 12.8 Å². The molecule has 1 fully saturated rings. The van der Waals surface area contributed by atoms with E-state index in [1.165, 1.54) is 17.8 Å². The first kappa shape index (κ1) is 21.5. The number of para-hydroxylation sites is 1. The van der Waals surface area contributed by atoms with Gasteiger partial charge in [-0.2, -0.15) is 0 Å². The minimum atomic E-state index is -0.339. The molecule has 3 heterocycles. The number of aromatic nitrogens is 2. The van der Waals surface area contributed by atoms with E-state index in [0.717, 1.165) is 56.6 Å². The molecule has 33 heavy (non-hydrogen) atoms. The van der Waals surface area contributed by atoms with E-state index in [2.05, 4.69) is 43.3 Å². The van der Waals surface area contributed by atoms with E-state index in [1.54, 1.807) is 18.5 Å². The Morgan fingerprint density at radius 1 is 1.15 bits per heavy atom. The lowest BCUT2D eigenvalue weighted by Crippen LogP contribution is -2.46. The molecule has 2 N–H and O–H groups in total. The first-order chi connectivity index (χ1) is 16.2. The smallest absolute Gasteiger partial charge is 0.250 e. The van der Waals surface area contributed by atoms with E-state index < -0.39 is 0 Å². The average Bonchev–Trinajstić information content (AvgIpc) is 3.33. The molecule has 0 atom stereocenters. The molecule has 2 aliphatic heterocycles. The van der Waals surface area contributed by atoms with Crippen LogP contribution in [0.1, 0.15) is 18.4 Å². The Kier molecular flexibility index (Phi) is 6.26. The summed E-state index contributed by atoms with van der Waals surface area (Å²) in [5, 5.41) is 2.96. The van der Waals surface area contributed by atoms with Gasteiger partial charge in [0.15, 0.2) is 0 Å². The second-order valence-electron chi connectivity index (χ2n) is 8.51. The van der Waals surface area contributed by atoms with Gasteiger partial charge in [-0.25, -0.2) is 9.37 Å². The van der Waals surface area contributed by atoms with Crippen molar-refractivity contribution < 1.29 is 13.9 Å². The van der Waals surface area contributed by atoms with Crippen molar-refractivity contribution in [3.63, 3.8) is 0 Å². The maximum atomic E-state index is 13.4. The molecule has 2 aliphatic rings. The quantitative estimate of drug-likeness (QED) is 0.542. The van der Waals surface area contributed by atoms with Gasteiger partial charge < -0.3 is 19.9 Å². The topological polar surface area (TPSA) is 73.5 Å². The summed E-state index contributed by atoms with van der Waals surface area (Å²) in [5.41, 5.74) is 4.44. The third-order valence-corrected chi connectivity index (χ3v) is 6.30. The number of hydrogen-bond acceptors (Lipinski definition) is 5. The Hall–Kier alpha value is -3.39. The van der Waals surface area contributed by atoms with Gasteiger partial charge in [0.25, 0.3) is 5.91 Å². The highest BCUT2D eigenvalue weighted by molar-refractivity contribution is 5.99. The van der Waals surface area contributed by atoms with Gasteiger partial charge in [-0.15, -0.1) is 0 Å². The molecule has 0 spiro atoms. The zero-order chi connectivity index (χ0) is 22.6. The van der Waals surface area contributed by atoms with Crippen molar-refractivity contribution in [3.05, 3.63) is 59.7 Å². The van der Waals surface area contributed by atoms with Crippen LogP contribution in [0.15, 0.2) is 48.3 Å². The second-order valence-corrected chi connectivity index (χ2v) is 8.51. The minimum Gasteiger partial charge on any atom is -0.488 e. The SMILES string of the molecule is O=C(NCCCCN1CCN(c2cccc3[nH]cnc23)CC1)C1=Cc2cc(F)ccc2OC1. The van der Waals surface area contributed by atoms with Gasteiger partial charge in [-0.05, 0) is 55.8 Å². The molecule has 1 saturated heterocycles. The summed E-state index contributed by atoms with van der Waals surface area (Å²) < 4.78 is 19.0. The van der Waals surface area contributed by atoms with Crippen molar-refractivity contribution in [1.29, 1.82) is 0 Å². The van der Waals surface area contributed by atoms with Gasteiger partial charge in [0.2, 0.25) is 0 Å². The number of carbonyl (C=O) groups is 1. The maximum absolute atomic E-state index is 13.4. The van der Waals surface area contributed by atoms with E-state index in [0.29, 0.717) is 23.4 Å². The van der Waals surface area contributed by atoms with Gasteiger partial charge in [-0.1, -0.05) is 6.07 Å². The zero-order valence-corrected chi connectivity index (χ0v) is 18.5. The van der Waals surface area contributed by atoms with Crippen LogP contribution in [0.25, 0.3) is 17.1 Å². The summed E-state index contributed by atoms with van der Waals surface area (Å²) in [4.78, 5) is 25.0.